The van der Waals surface area contributed by atoms with Crippen LogP contribution in [0.15, 0.2) is 17.0 Å². The number of anilines is 1. The highest BCUT2D eigenvalue weighted by molar-refractivity contribution is 7.89. The number of nitrogens with two attached hydrogens (primary N) is 1. The van der Waals surface area contributed by atoms with Crippen molar-refractivity contribution in [3.8, 4) is 12.3 Å². The normalized spacial score (nSPS) is 12.9. The summed E-state index contributed by atoms with van der Waals surface area (Å²) in [5, 5.41) is 0. The smallest absolute Gasteiger partial charge is 0.244 e. The van der Waals surface area contributed by atoms with Gasteiger partial charge in [-0.1, -0.05) is 19.3 Å². The zero-order valence-electron chi connectivity index (χ0n) is 10.3. The Morgan fingerprint density at radius 1 is 1.47 bits per heavy atom. The van der Waals surface area contributed by atoms with E-state index in [-0.39, 0.29) is 5.69 Å². The van der Waals surface area contributed by atoms with E-state index in [0.29, 0.717) is 18.9 Å². The summed E-state index contributed by atoms with van der Waals surface area (Å²) in [6.45, 7) is 1.82. The van der Waals surface area contributed by atoms with Crippen LogP contribution in [-0.4, -0.2) is 14.5 Å². The molecule has 1 aromatic carbocycles. The van der Waals surface area contributed by atoms with Crippen molar-refractivity contribution in [2.75, 3.05) is 5.73 Å². The Morgan fingerprint density at radius 2 is 2.11 bits per heavy atom. The molecule has 0 aliphatic carbocycles. The van der Waals surface area contributed by atoms with Crippen LogP contribution in [0.25, 0.3) is 0 Å². The minimum absolute atomic E-state index is 0.188. The van der Waals surface area contributed by atoms with Gasteiger partial charge in [0, 0.05) is 5.69 Å². The van der Waals surface area contributed by atoms with Crippen molar-refractivity contribution in [3.63, 3.8) is 0 Å². The number of terminal acetylenes is 1. The van der Waals surface area contributed by atoms with Crippen LogP contribution in [0, 0.1) is 24.0 Å². The van der Waals surface area contributed by atoms with Crippen LogP contribution < -0.4 is 10.5 Å². The Morgan fingerprint density at radius 3 is 2.63 bits per heavy atom. The fourth-order valence-corrected chi connectivity index (χ4v) is 2.81. The highest BCUT2D eigenvalue weighted by atomic mass is 32.2. The van der Waals surface area contributed by atoms with E-state index < -0.39 is 32.6 Å². The number of hydrogen-bond donors (Lipinski definition) is 2. The molecule has 1 rings (SSSR count). The molecule has 0 fully saturated rings. The highest BCUT2D eigenvalue weighted by Crippen LogP contribution is 2.21. The van der Waals surface area contributed by atoms with Gasteiger partial charge in [0.2, 0.25) is 10.0 Å². The van der Waals surface area contributed by atoms with Crippen LogP contribution in [0.3, 0.4) is 0 Å². The molecule has 1 aromatic rings. The number of hydrogen-bond acceptors (Lipinski definition) is 3. The van der Waals surface area contributed by atoms with Crippen LogP contribution in [0.2, 0.25) is 0 Å². The van der Waals surface area contributed by atoms with Crippen molar-refractivity contribution < 1.29 is 17.2 Å². The van der Waals surface area contributed by atoms with Crippen molar-refractivity contribution in [3.05, 3.63) is 23.8 Å². The second-order valence-electron chi connectivity index (χ2n) is 3.94. The van der Waals surface area contributed by atoms with Crippen molar-refractivity contribution in [1.29, 1.82) is 0 Å². The average molecular weight is 288 g/mol. The maximum atomic E-state index is 13.5. The van der Waals surface area contributed by atoms with Crippen LogP contribution in [-0.2, 0) is 10.0 Å². The summed E-state index contributed by atoms with van der Waals surface area (Å²) in [5.74, 6) is -0.564. The molecule has 0 saturated heterocycles. The average Bonchev–Trinajstić information content (AvgIpc) is 2.32. The lowest BCUT2D eigenvalue weighted by Crippen LogP contribution is -2.34. The number of nitrogen functional groups attached to an aromatic ring is 1. The third-order valence-electron chi connectivity index (χ3n) is 2.38. The summed E-state index contributed by atoms with van der Waals surface area (Å²) in [4.78, 5) is -0.846. The second-order valence-corrected chi connectivity index (χ2v) is 5.63. The molecule has 1 atom stereocenters. The topological polar surface area (TPSA) is 72.2 Å². The number of nitrogens with one attached hydrogen (secondary N) is 1. The second kappa shape index (κ2) is 5.99. The molecule has 7 heteroatoms. The van der Waals surface area contributed by atoms with Gasteiger partial charge in [0.1, 0.15) is 4.90 Å². The number of sulfonamides is 1. The maximum absolute atomic E-state index is 13.5. The van der Waals surface area contributed by atoms with Gasteiger partial charge in [0.25, 0.3) is 0 Å². The third-order valence-corrected chi connectivity index (χ3v) is 3.85. The molecule has 0 aromatic heterocycles. The Labute approximate surface area is 111 Å². The predicted octanol–water partition coefficient (Wildman–Crippen LogP) is 1.63. The van der Waals surface area contributed by atoms with Gasteiger partial charge >= 0.3 is 0 Å². The van der Waals surface area contributed by atoms with E-state index >= 15 is 0 Å². The molecule has 0 radical (unpaired) electrons. The van der Waals surface area contributed by atoms with Gasteiger partial charge in [0.05, 0.1) is 6.04 Å². The molecule has 0 heterocycles. The van der Waals surface area contributed by atoms with E-state index in [1.54, 1.807) is 0 Å². The summed E-state index contributed by atoms with van der Waals surface area (Å²) in [6, 6.07) is 0.776. The van der Waals surface area contributed by atoms with E-state index in [1.807, 2.05) is 6.92 Å². The fourth-order valence-electron chi connectivity index (χ4n) is 1.50. The zero-order chi connectivity index (χ0) is 14.6. The first-order chi connectivity index (χ1) is 8.81. The van der Waals surface area contributed by atoms with E-state index in [1.165, 1.54) is 0 Å². The highest BCUT2D eigenvalue weighted by Gasteiger charge is 2.24. The predicted molar refractivity (Wildman–Crippen MR) is 68.6 cm³/mol. The molecule has 0 aliphatic heterocycles. The molecule has 0 amide bonds. The summed E-state index contributed by atoms with van der Waals surface area (Å²) < 4.78 is 52.7. The first kappa shape index (κ1) is 15.4. The number of rotatable bonds is 5. The summed E-state index contributed by atoms with van der Waals surface area (Å²) in [5.41, 5.74) is 5.12. The van der Waals surface area contributed by atoms with Gasteiger partial charge in [-0.25, -0.2) is 17.2 Å². The van der Waals surface area contributed by atoms with Crippen molar-refractivity contribution in [1.82, 2.24) is 4.72 Å². The van der Waals surface area contributed by atoms with Gasteiger partial charge in [-0.2, -0.15) is 4.72 Å². The molecule has 0 bridgehead atoms. The van der Waals surface area contributed by atoms with Gasteiger partial charge < -0.3 is 5.73 Å². The van der Waals surface area contributed by atoms with E-state index in [4.69, 9.17) is 12.2 Å². The van der Waals surface area contributed by atoms with E-state index in [9.17, 15) is 17.2 Å². The van der Waals surface area contributed by atoms with Crippen LogP contribution in [0.1, 0.15) is 19.8 Å². The van der Waals surface area contributed by atoms with Gasteiger partial charge in [0.15, 0.2) is 11.6 Å². The van der Waals surface area contributed by atoms with Gasteiger partial charge in [-0.15, -0.1) is 6.42 Å². The first-order valence-corrected chi connectivity index (χ1v) is 7.03. The lowest BCUT2D eigenvalue weighted by molar-refractivity contribution is 0.482. The molecule has 0 aliphatic rings. The first-order valence-electron chi connectivity index (χ1n) is 5.54. The number of halogens is 2. The van der Waals surface area contributed by atoms with Crippen molar-refractivity contribution >= 4 is 15.7 Å². The maximum Gasteiger partial charge on any atom is 0.244 e. The minimum atomic E-state index is -4.26. The monoisotopic (exact) mass is 288 g/mol. The zero-order valence-corrected chi connectivity index (χ0v) is 11.1. The lowest BCUT2D eigenvalue weighted by atomic mass is 10.2. The lowest BCUT2D eigenvalue weighted by Gasteiger charge is -2.13. The summed E-state index contributed by atoms with van der Waals surface area (Å²) in [7, 11) is -4.26. The van der Waals surface area contributed by atoms with Crippen molar-refractivity contribution in [2.45, 2.75) is 30.7 Å². The Balaban J connectivity index is 3.18. The fraction of sp³-hybridized carbons (Fsp3) is 0.333. The SMILES string of the molecule is C#CC(CCC)NS(=O)(=O)c1cc(N)cc(F)c1F. The van der Waals surface area contributed by atoms with Gasteiger partial charge in [-0.05, 0) is 18.6 Å². The molecular formula is C12H14F2N2O2S. The minimum Gasteiger partial charge on any atom is -0.399 e. The summed E-state index contributed by atoms with van der Waals surface area (Å²) in [6.07, 6.45) is 6.21. The van der Waals surface area contributed by atoms with Gasteiger partial charge in [-0.3, -0.25) is 0 Å². The quantitative estimate of drug-likeness (QED) is 0.639. The van der Waals surface area contributed by atoms with Crippen molar-refractivity contribution in [2.24, 2.45) is 0 Å². The van der Waals surface area contributed by atoms with E-state index in [0.717, 1.165) is 6.07 Å². The van der Waals surface area contributed by atoms with E-state index in [2.05, 4.69) is 10.6 Å². The Bertz CT molecular complexity index is 609. The van der Waals surface area contributed by atoms with Crippen LogP contribution >= 0.6 is 0 Å². The van der Waals surface area contributed by atoms with Crippen LogP contribution in [0.4, 0.5) is 14.5 Å². The molecule has 104 valence electrons. The standard InChI is InChI=1S/C12H14F2N2O2S/c1-3-5-9(4-2)16-19(17,18)11-7-8(15)6-10(13)12(11)14/h2,6-7,9,16H,3,5,15H2,1H3. The molecule has 19 heavy (non-hydrogen) atoms. The molecule has 4 nitrogen and oxygen atoms in total. The molecule has 1 unspecified atom stereocenters. The Kier molecular flexibility index (Phi) is 4.86. The number of benzene rings is 1. The molecular weight excluding hydrogens is 274 g/mol. The van der Waals surface area contributed by atoms with Crippen LogP contribution in [0.5, 0.6) is 0 Å². The summed E-state index contributed by atoms with van der Waals surface area (Å²) >= 11 is 0. The molecule has 0 spiro atoms. The molecule has 3 N–H and O–H groups in total. The Hall–Kier alpha value is -1.65. The third kappa shape index (κ3) is 3.66. The largest absolute Gasteiger partial charge is 0.399 e. The molecule has 0 saturated carbocycles.